The fourth-order valence-electron chi connectivity index (χ4n) is 9.23. The number of aromatic hydroxyl groups is 1. The first-order valence-electron chi connectivity index (χ1n) is 15.4. The second-order valence-electron chi connectivity index (χ2n) is 12.9. The Kier molecular flexibility index (Phi) is 6.53. The highest BCUT2D eigenvalue weighted by Crippen LogP contribution is 2.62. The van der Waals surface area contributed by atoms with Crippen LogP contribution in [0.25, 0.3) is 0 Å². The molecule has 6 aliphatic rings. The van der Waals surface area contributed by atoms with Gasteiger partial charge in [0.2, 0.25) is 0 Å². The van der Waals surface area contributed by atoms with Crippen LogP contribution in [0, 0.1) is 5.92 Å². The van der Waals surface area contributed by atoms with Gasteiger partial charge in [-0.15, -0.1) is 0 Å². The lowest BCUT2D eigenvalue weighted by Crippen LogP contribution is -2.64. The lowest BCUT2D eigenvalue weighted by atomic mass is 9.53. The molecule has 1 spiro atoms. The van der Waals surface area contributed by atoms with E-state index in [0.29, 0.717) is 23.2 Å². The third-order valence-electron chi connectivity index (χ3n) is 11.1. The first kappa shape index (κ1) is 25.6. The number of likely N-dealkylation sites (tertiary alicyclic amines) is 2. The summed E-state index contributed by atoms with van der Waals surface area (Å²) in [5.74, 6) is 1.19. The van der Waals surface area contributed by atoms with E-state index in [1.54, 1.807) is 11.6 Å². The van der Waals surface area contributed by atoms with Crippen molar-refractivity contribution in [2.75, 3.05) is 26.7 Å². The third-order valence-corrected chi connectivity index (χ3v) is 11.1. The summed E-state index contributed by atoms with van der Waals surface area (Å²) < 4.78 is 6.09. The summed E-state index contributed by atoms with van der Waals surface area (Å²) in [4.78, 5) is 5.24. The molecule has 0 amide bonds. The number of aliphatic hydroxyl groups is 1. The van der Waals surface area contributed by atoms with Gasteiger partial charge in [-0.2, -0.15) is 0 Å². The second-order valence-corrected chi connectivity index (χ2v) is 12.9. The number of rotatable bonds is 2. The standard InChI is InChI=1S/C17H19NO3.C17H25N/c1-18-7-6-17-10-3-5-13(20)16(17)21-15-12(19)4-2-9(14(15)17)8-11(10)18;1-4-10-16(11-5-1)17(12-6-2-7-13-17)18-14-8-3-9-15-18/h2-5,10-11,13,16,19-20H,6-8H2,1H3;1,4-5,10-11H,2-3,6-9,12-15H2/t10-,11+,13-,16-,17-;/m0./s1. The van der Waals surface area contributed by atoms with Crippen molar-refractivity contribution in [2.24, 2.45) is 5.92 Å². The molecule has 2 aromatic carbocycles. The lowest BCUT2D eigenvalue weighted by Gasteiger charge is -2.56. The molecular weight excluding hydrogens is 484 g/mol. The molecule has 2 bridgehead atoms. The van der Waals surface area contributed by atoms with E-state index >= 15 is 0 Å². The van der Waals surface area contributed by atoms with Gasteiger partial charge in [0.05, 0.1) is 0 Å². The van der Waals surface area contributed by atoms with Crippen LogP contribution in [-0.4, -0.2) is 64.9 Å². The topological polar surface area (TPSA) is 56.2 Å². The molecule has 39 heavy (non-hydrogen) atoms. The molecule has 5 heteroatoms. The molecule has 5 nitrogen and oxygen atoms in total. The summed E-state index contributed by atoms with van der Waals surface area (Å²) in [7, 11) is 2.19. The van der Waals surface area contributed by atoms with Gasteiger partial charge < -0.3 is 19.8 Å². The number of likely N-dealkylation sites (N-methyl/N-ethyl adjacent to an activating group) is 1. The molecule has 0 unspecified atom stereocenters. The maximum atomic E-state index is 10.4. The largest absolute Gasteiger partial charge is 0.504 e. The van der Waals surface area contributed by atoms with Gasteiger partial charge in [0, 0.05) is 28.5 Å². The van der Waals surface area contributed by atoms with Crippen LogP contribution in [0.4, 0.5) is 0 Å². The van der Waals surface area contributed by atoms with Gasteiger partial charge in [0.1, 0.15) is 12.2 Å². The predicted octanol–water partition coefficient (Wildman–Crippen LogP) is 5.53. The SMILES string of the molecule is CN1CC[C@]23c4c5ccc(O)c4O[C@H]2[C@@H](O)C=C[C@H]3[C@H]1C5.c1ccc(C2(N3CCCCC3)CCCCC2)cc1. The Balaban J connectivity index is 0.000000132. The Bertz CT molecular complexity index is 1220. The van der Waals surface area contributed by atoms with Crippen LogP contribution in [0.15, 0.2) is 54.6 Å². The molecule has 3 heterocycles. The van der Waals surface area contributed by atoms with Crippen molar-refractivity contribution >= 4 is 0 Å². The Labute approximate surface area is 233 Å². The zero-order valence-corrected chi connectivity index (χ0v) is 23.4. The highest BCUT2D eigenvalue weighted by molar-refractivity contribution is 5.61. The molecular formula is C34H44N2O3. The van der Waals surface area contributed by atoms with Crippen molar-refractivity contribution in [2.45, 2.75) is 93.4 Å². The zero-order chi connectivity index (χ0) is 26.6. The average Bonchev–Trinajstić information content (AvgIpc) is 3.35. The van der Waals surface area contributed by atoms with E-state index in [4.69, 9.17) is 4.74 Å². The molecule has 2 N–H and O–H groups in total. The lowest BCUT2D eigenvalue weighted by molar-refractivity contribution is -0.0453. The van der Waals surface area contributed by atoms with E-state index in [1.807, 2.05) is 12.1 Å². The first-order chi connectivity index (χ1) is 19.0. The normalized spacial score (nSPS) is 34.4. The van der Waals surface area contributed by atoms with E-state index in [2.05, 4.69) is 53.3 Å². The van der Waals surface area contributed by atoms with Crippen molar-refractivity contribution in [1.29, 1.82) is 0 Å². The molecule has 1 saturated carbocycles. The van der Waals surface area contributed by atoms with Crippen molar-refractivity contribution in [1.82, 2.24) is 9.80 Å². The molecule has 0 aromatic heterocycles. The monoisotopic (exact) mass is 528 g/mol. The fourth-order valence-corrected chi connectivity index (χ4v) is 9.23. The van der Waals surface area contributed by atoms with Gasteiger partial charge in [-0.1, -0.05) is 74.2 Å². The minimum absolute atomic E-state index is 0.160. The van der Waals surface area contributed by atoms with E-state index in [-0.39, 0.29) is 17.3 Å². The summed E-state index contributed by atoms with van der Waals surface area (Å²) in [6.45, 7) is 3.64. The molecule has 5 atom stereocenters. The summed E-state index contributed by atoms with van der Waals surface area (Å²) >= 11 is 0. The number of hydrogen-bond acceptors (Lipinski definition) is 5. The molecule has 3 aliphatic carbocycles. The molecule has 2 saturated heterocycles. The Morgan fingerprint density at radius 1 is 0.846 bits per heavy atom. The number of aliphatic hydroxyl groups excluding tert-OH is 1. The van der Waals surface area contributed by atoms with Crippen LogP contribution in [0.3, 0.4) is 0 Å². The maximum absolute atomic E-state index is 10.4. The first-order valence-corrected chi connectivity index (χ1v) is 15.4. The quantitative estimate of drug-likeness (QED) is 0.502. The number of phenols is 1. The van der Waals surface area contributed by atoms with Crippen molar-refractivity contribution in [3.8, 4) is 11.5 Å². The van der Waals surface area contributed by atoms with Gasteiger partial charge in [-0.05, 0) is 82.4 Å². The van der Waals surface area contributed by atoms with Gasteiger partial charge in [0.15, 0.2) is 11.5 Å². The molecule has 8 rings (SSSR count). The van der Waals surface area contributed by atoms with Crippen molar-refractivity contribution in [3.63, 3.8) is 0 Å². The maximum Gasteiger partial charge on any atom is 0.165 e. The predicted molar refractivity (Wildman–Crippen MR) is 154 cm³/mol. The fraction of sp³-hybridized carbons (Fsp3) is 0.588. The molecule has 208 valence electrons. The summed E-state index contributed by atoms with van der Waals surface area (Å²) in [5.41, 5.74) is 4.24. The van der Waals surface area contributed by atoms with E-state index in [1.165, 1.54) is 75.6 Å². The highest BCUT2D eigenvalue weighted by atomic mass is 16.5. The number of benzene rings is 2. The van der Waals surface area contributed by atoms with Crippen LogP contribution in [0.5, 0.6) is 11.5 Å². The zero-order valence-electron chi connectivity index (χ0n) is 23.4. The number of hydrogen-bond donors (Lipinski definition) is 2. The van der Waals surface area contributed by atoms with Crippen LogP contribution in [0.2, 0.25) is 0 Å². The highest BCUT2D eigenvalue weighted by Gasteiger charge is 2.64. The Hall–Kier alpha value is -2.34. The minimum Gasteiger partial charge on any atom is -0.504 e. The van der Waals surface area contributed by atoms with Gasteiger partial charge in [0.25, 0.3) is 0 Å². The summed E-state index contributed by atoms with van der Waals surface area (Å²) in [6, 6.07) is 15.5. The third kappa shape index (κ3) is 3.91. The van der Waals surface area contributed by atoms with Crippen LogP contribution in [0.1, 0.15) is 74.5 Å². The van der Waals surface area contributed by atoms with Gasteiger partial charge in [-0.3, -0.25) is 4.90 Å². The smallest absolute Gasteiger partial charge is 0.165 e. The Morgan fingerprint density at radius 3 is 2.36 bits per heavy atom. The molecule has 2 aromatic rings. The van der Waals surface area contributed by atoms with Gasteiger partial charge in [-0.25, -0.2) is 0 Å². The molecule has 3 aliphatic heterocycles. The number of phenolic OH excluding ortho intramolecular Hbond substituents is 1. The van der Waals surface area contributed by atoms with Crippen molar-refractivity contribution in [3.05, 3.63) is 71.3 Å². The van der Waals surface area contributed by atoms with E-state index < -0.39 is 6.10 Å². The minimum atomic E-state index is -0.594. The van der Waals surface area contributed by atoms with E-state index in [9.17, 15) is 10.2 Å². The Morgan fingerprint density at radius 2 is 1.59 bits per heavy atom. The average molecular weight is 529 g/mol. The molecule has 0 radical (unpaired) electrons. The van der Waals surface area contributed by atoms with Crippen molar-refractivity contribution < 1.29 is 14.9 Å². The number of ether oxygens (including phenoxy) is 1. The molecule has 3 fully saturated rings. The number of piperidine rings is 2. The summed E-state index contributed by atoms with van der Waals surface area (Å²) in [6.07, 6.45) is 16.4. The van der Waals surface area contributed by atoms with Crippen LogP contribution < -0.4 is 4.74 Å². The van der Waals surface area contributed by atoms with Gasteiger partial charge >= 0.3 is 0 Å². The van der Waals surface area contributed by atoms with E-state index in [0.717, 1.165) is 19.4 Å². The van der Waals surface area contributed by atoms with Crippen LogP contribution >= 0.6 is 0 Å². The second kappa shape index (κ2) is 9.94. The van der Waals surface area contributed by atoms with Crippen LogP contribution in [-0.2, 0) is 17.4 Å². The summed E-state index contributed by atoms with van der Waals surface area (Å²) in [5, 5.41) is 20.6. The number of nitrogens with zero attached hydrogens (tertiary/aromatic N) is 2.